The Hall–Kier alpha value is -2.63. The molecule has 1 atom stereocenters. The second-order valence-corrected chi connectivity index (χ2v) is 5.39. The van der Waals surface area contributed by atoms with Crippen LogP contribution in [0.25, 0.3) is 5.65 Å². The van der Waals surface area contributed by atoms with Crippen LogP contribution in [0.3, 0.4) is 0 Å². The van der Waals surface area contributed by atoms with Gasteiger partial charge in [-0.2, -0.15) is 5.10 Å². The Morgan fingerprint density at radius 1 is 1.43 bits per heavy atom. The Labute approximate surface area is 120 Å². The number of aryl methyl sites for hydroxylation is 1. The van der Waals surface area contributed by atoms with E-state index in [1.165, 1.54) is 15.5 Å². The van der Waals surface area contributed by atoms with Crippen molar-refractivity contribution >= 4 is 11.5 Å². The van der Waals surface area contributed by atoms with Crippen LogP contribution in [0.2, 0.25) is 0 Å². The van der Waals surface area contributed by atoms with Gasteiger partial charge in [0, 0.05) is 18.5 Å². The van der Waals surface area contributed by atoms with Gasteiger partial charge in [-0.3, -0.25) is 0 Å². The predicted octanol–water partition coefficient (Wildman–Crippen LogP) is 1.48. The molecule has 21 heavy (non-hydrogen) atoms. The zero-order chi connectivity index (χ0) is 14.4. The number of anilines is 1. The largest absolute Gasteiger partial charge is 0.369 e. The van der Waals surface area contributed by atoms with Crippen LogP contribution in [0.1, 0.15) is 22.9 Å². The fourth-order valence-corrected chi connectivity index (χ4v) is 2.96. The molecule has 6 heteroatoms. The van der Waals surface area contributed by atoms with Gasteiger partial charge >= 0.3 is 5.69 Å². The van der Waals surface area contributed by atoms with Crippen molar-refractivity contribution in [2.24, 2.45) is 0 Å². The molecule has 4 rings (SSSR count). The topological polar surface area (TPSA) is 75.1 Å². The van der Waals surface area contributed by atoms with Crippen molar-refractivity contribution in [2.75, 3.05) is 11.9 Å². The summed E-state index contributed by atoms with van der Waals surface area (Å²) in [5.41, 5.74) is 3.18. The summed E-state index contributed by atoms with van der Waals surface area (Å²) >= 11 is 0. The third-order valence-electron chi connectivity index (χ3n) is 4.06. The summed E-state index contributed by atoms with van der Waals surface area (Å²) in [5, 5.41) is 9.77. The van der Waals surface area contributed by atoms with Crippen LogP contribution in [-0.2, 0) is 6.42 Å². The van der Waals surface area contributed by atoms with Gasteiger partial charge < -0.3 is 5.32 Å². The second-order valence-electron chi connectivity index (χ2n) is 5.39. The zero-order valence-electron chi connectivity index (χ0n) is 11.6. The highest BCUT2D eigenvalue weighted by Crippen LogP contribution is 2.34. The summed E-state index contributed by atoms with van der Waals surface area (Å²) in [6, 6.07) is 10.3. The first-order valence-electron chi connectivity index (χ1n) is 6.99. The lowest BCUT2D eigenvalue weighted by molar-refractivity contribution is 0.634. The first-order valence-corrected chi connectivity index (χ1v) is 6.99. The van der Waals surface area contributed by atoms with Crippen molar-refractivity contribution in [3.05, 3.63) is 57.8 Å². The maximum absolute atomic E-state index is 11.6. The molecule has 0 fully saturated rings. The average Bonchev–Trinajstić information content (AvgIpc) is 2.82. The van der Waals surface area contributed by atoms with Crippen LogP contribution in [0, 0.1) is 6.92 Å². The fraction of sp³-hybridized carbons (Fsp3) is 0.267. The molecule has 0 spiro atoms. The SMILES string of the molecule is Cc1nc(NCC2Cc3ccccc32)cc2n[nH]c(=O)n12. The van der Waals surface area contributed by atoms with Gasteiger partial charge in [0.05, 0.1) is 0 Å². The van der Waals surface area contributed by atoms with Crippen LogP contribution in [0.4, 0.5) is 5.82 Å². The van der Waals surface area contributed by atoms with Crippen LogP contribution in [0.5, 0.6) is 0 Å². The number of hydrogen-bond donors (Lipinski definition) is 2. The van der Waals surface area contributed by atoms with E-state index in [1.807, 2.05) is 0 Å². The summed E-state index contributed by atoms with van der Waals surface area (Å²) < 4.78 is 1.46. The van der Waals surface area contributed by atoms with Crippen LogP contribution in [-0.4, -0.2) is 26.1 Å². The van der Waals surface area contributed by atoms with Gasteiger partial charge in [-0.1, -0.05) is 24.3 Å². The number of rotatable bonds is 3. The molecular weight excluding hydrogens is 266 g/mol. The lowest BCUT2D eigenvalue weighted by atomic mass is 9.77. The van der Waals surface area contributed by atoms with Crippen LogP contribution in [0.15, 0.2) is 35.1 Å². The average molecular weight is 281 g/mol. The van der Waals surface area contributed by atoms with Gasteiger partial charge in [0.15, 0.2) is 5.65 Å². The molecule has 3 aromatic rings. The van der Waals surface area contributed by atoms with Gasteiger partial charge in [-0.05, 0) is 24.5 Å². The summed E-state index contributed by atoms with van der Waals surface area (Å²) in [6.07, 6.45) is 1.10. The second kappa shape index (κ2) is 4.44. The molecule has 1 aromatic carbocycles. The van der Waals surface area contributed by atoms with Gasteiger partial charge in [-0.15, -0.1) is 0 Å². The molecule has 0 saturated carbocycles. The Balaban J connectivity index is 1.55. The quantitative estimate of drug-likeness (QED) is 0.762. The zero-order valence-corrected chi connectivity index (χ0v) is 11.6. The minimum absolute atomic E-state index is 0.255. The van der Waals surface area contributed by atoms with Crippen LogP contribution >= 0.6 is 0 Å². The number of aromatic amines is 1. The maximum Gasteiger partial charge on any atom is 0.349 e. The van der Waals surface area contributed by atoms with Crippen molar-refractivity contribution in [3.8, 4) is 0 Å². The Kier molecular flexibility index (Phi) is 2.57. The normalized spacial score (nSPS) is 16.5. The van der Waals surface area contributed by atoms with E-state index in [4.69, 9.17) is 0 Å². The van der Waals surface area contributed by atoms with Gasteiger partial charge in [0.2, 0.25) is 0 Å². The smallest absolute Gasteiger partial charge is 0.349 e. The van der Waals surface area contributed by atoms with E-state index in [9.17, 15) is 4.79 Å². The Morgan fingerprint density at radius 2 is 2.29 bits per heavy atom. The number of benzene rings is 1. The number of H-pyrrole nitrogens is 1. The molecule has 0 radical (unpaired) electrons. The molecule has 1 aliphatic carbocycles. The number of nitrogens with one attached hydrogen (secondary N) is 2. The molecule has 1 aliphatic rings. The van der Waals surface area contributed by atoms with Crippen molar-refractivity contribution in [1.82, 2.24) is 19.6 Å². The van der Waals surface area contributed by atoms with Crippen LogP contribution < -0.4 is 11.0 Å². The predicted molar refractivity (Wildman–Crippen MR) is 79.7 cm³/mol. The van der Waals surface area contributed by atoms with E-state index in [-0.39, 0.29) is 5.69 Å². The number of fused-ring (bicyclic) bond motifs is 2. The monoisotopic (exact) mass is 281 g/mol. The van der Waals surface area contributed by atoms with E-state index in [1.54, 1.807) is 13.0 Å². The molecule has 2 N–H and O–H groups in total. The highest BCUT2D eigenvalue weighted by atomic mass is 16.1. The third-order valence-corrected chi connectivity index (χ3v) is 4.06. The number of hydrogen-bond acceptors (Lipinski definition) is 4. The van der Waals surface area contributed by atoms with Crippen molar-refractivity contribution < 1.29 is 0 Å². The molecule has 0 aliphatic heterocycles. The molecule has 0 saturated heterocycles. The molecule has 6 nitrogen and oxygen atoms in total. The molecule has 2 heterocycles. The van der Waals surface area contributed by atoms with Gasteiger partial charge in [-0.25, -0.2) is 19.3 Å². The standard InChI is InChI=1S/C15H15N5O/c1-9-17-13(7-14-18-19-15(21)20(9)14)16-8-11-6-10-4-2-3-5-12(10)11/h2-5,7,11,16H,6,8H2,1H3,(H,19,21). The summed E-state index contributed by atoms with van der Waals surface area (Å²) in [5.74, 6) is 1.91. The van der Waals surface area contributed by atoms with E-state index in [0.717, 1.165) is 18.8 Å². The van der Waals surface area contributed by atoms with Crippen molar-refractivity contribution in [1.29, 1.82) is 0 Å². The highest BCUT2D eigenvalue weighted by Gasteiger charge is 2.25. The summed E-state index contributed by atoms with van der Waals surface area (Å²) in [6.45, 7) is 2.64. The van der Waals surface area contributed by atoms with Crippen molar-refractivity contribution in [3.63, 3.8) is 0 Å². The van der Waals surface area contributed by atoms with E-state index in [2.05, 4.69) is 44.8 Å². The summed E-state index contributed by atoms with van der Waals surface area (Å²) in [4.78, 5) is 16.0. The third kappa shape index (κ3) is 1.91. The molecular formula is C15H15N5O. The number of aromatic nitrogens is 4. The highest BCUT2D eigenvalue weighted by molar-refractivity contribution is 5.50. The molecule has 1 unspecified atom stereocenters. The minimum atomic E-state index is -0.255. The number of nitrogens with zero attached hydrogens (tertiary/aromatic N) is 3. The maximum atomic E-state index is 11.6. The van der Waals surface area contributed by atoms with Gasteiger partial charge in [0.25, 0.3) is 0 Å². The minimum Gasteiger partial charge on any atom is -0.369 e. The first kappa shape index (κ1) is 12.1. The summed E-state index contributed by atoms with van der Waals surface area (Å²) in [7, 11) is 0. The van der Waals surface area contributed by atoms with E-state index in [0.29, 0.717) is 17.4 Å². The van der Waals surface area contributed by atoms with Gasteiger partial charge in [0.1, 0.15) is 11.6 Å². The van der Waals surface area contributed by atoms with Crippen molar-refractivity contribution in [2.45, 2.75) is 19.3 Å². The Bertz CT molecular complexity index is 879. The lowest BCUT2D eigenvalue weighted by Gasteiger charge is -2.30. The first-order chi connectivity index (χ1) is 10.2. The molecule has 106 valence electrons. The van der Waals surface area contributed by atoms with E-state index >= 15 is 0 Å². The lowest BCUT2D eigenvalue weighted by Crippen LogP contribution is -2.24. The molecule has 0 bridgehead atoms. The Morgan fingerprint density at radius 3 is 3.14 bits per heavy atom. The fourth-order valence-electron chi connectivity index (χ4n) is 2.96. The molecule has 2 aromatic heterocycles. The van der Waals surface area contributed by atoms with E-state index < -0.39 is 0 Å². The molecule has 0 amide bonds.